The maximum Gasteiger partial charge on any atom is 0.00619 e. The standard InChI is InChI=1S/C11H25N/c1-5-8-10(4)9-12-11(6-2)7-3/h10-12H,5-9H2,1-4H3. The normalized spacial score (nSPS) is 13.8. The molecular weight excluding hydrogens is 146 g/mol. The fourth-order valence-electron chi connectivity index (χ4n) is 1.54. The first-order chi connectivity index (χ1) is 5.74. The Morgan fingerprint density at radius 2 is 1.67 bits per heavy atom. The van der Waals surface area contributed by atoms with Crippen molar-refractivity contribution >= 4 is 0 Å². The molecule has 0 rings (SSSR count). The number of nitrogens with one attached hydrogen (secondary N) is 1. The summed E-state index contributed by atoms with van der Waals surface area (Å²) < 4.78 is 0. The quantitative estimate of drug-likeness (QED) is 0.620. The zero-order chi connectivity index (χ0) is 9.40. The van der Waals surface area contributed by atoms with Gasteiger partial charge in [-0.3, -0.25) is 0 Å². The molecule has 0 heterocycles. The van der Waals surface area contributed by atoms with E-state index in [9.17, 15) is 0 Å². The van der Waals surface area contributed by atoms with Crippen molar-refractivity contribution in [3.63, 3.8) is 0 Å². The van der Waals surface area contributed by atoms with Crippen molar-refractivity contribution in [2.45, 2.75) is 59.4 Å². The predicted molar refractivity (Wildman–Crippen MR) is 56.4 cm³/mol. The summed E-state index contributed by atoms with van der Waals surface area (Å²) in [5, 5.41) is 3.60. The summed E-state index contributed by atoms with van der Waals surface area (Å²) in [6.07, 6.45) is 5.18. The molecule has 74 valence electrons. The zero-order valence-corrected chi connectivity index (χ0v) is 9.19. The van der Waals surface area contributed by atoms with Crippen molar-refractivity contribution in [3.8, 4) is 0 Å². The topological polar surface area (TPSA) is 12.0 Å². The molecule has 0 bridgehead atoms. The maximum absolute atomic E-state index is 3.60. The molecule has 0 radical (unpaired) electrons. The summed E-state index contributed by atoms with van der Waals surface area (Å²) in [6, 6.07) is 0.740. The lowest BCUT2D eigenvalue weighted by Crippen LogP contribution is -2.31. The molecule has 0 spiro atoms. The van der Waals surface area contributed by atoms with E-state index in [0.29, 0.717) is 0 Å². The average molecular weight is 171 g/mol. The van der Waals surface area contributed by atoms with E-state index in [2.05, 4.69) is 33.0 Å². The van der Waals surface area contributed by atoms with Crippen LogP contribution in [0.4, 0.5) is 0 Å². The predicted octanol–water partition coefficient (Wildman–Crippen LogP) is 3.20. The summed E-state index contributed by atoms with van der Waals surface area (Å²) >= 11 is 0. The molecular formula is C11H25N. The van der Waals surface area contributed by atoms with E-state index >= 15 is 0 Å². The summed E-state index contributed by atoms with van der Waals surface area (Å²) in [7, 11) is 0. The number of hydrogen-bond donors (Lipinski definition) is 1. The monoisotopic (exact) mass is 171 g/mol. The van der Waals surface area contributed by atoms with E-state index < -0.39 is 0 Å². The van der Waals surface area contributed by atoms with Crippen molar-refractivity contribution < 1.29 is 0 Å². The maximum atomic E-state index is 3.60. The summed E-state index contributed by atoms with van der Waals surface area (Å²) in [5.41, 5.74) is 0. The third-order valence-corrected chi connectivity index (χ3v) is 2.52. The molecule has 1 heteroatoms. The lowest BCUT2D eigenvalue weighted by atomic mass is 10.1. The van der Waals surface area contributed by atoms with Crippen molar-refractivity contribution in [1.82, 2.24) is 5.32 Å². The fraction of sp³-hybridized carbons (Fsp3) is 1.00. The van der Waals surface area contributed by atoms with Gasteiger partial charge in [-0.1, -0.05) is 34.1 Å². The second-order valence-electron chi connectivity index (χ2n) is 3.82. The van der Waals surface area contributed by atoms with Crippen molar-refractivity contribution in [2.24, 2.45) is 5.92 Å². The Balaban J connectivity index is 3.37. The highest BCUT2D eigenvalue weighted by Crippen LogP contribution is 2.04. The third-order valence-electron chi connectivity index (χ3n) is 2.52. The summed E-state index contributed by atoms with van der Waals surface area (Å²) in [5.74, 6) is 0.843. The highest BCUT2D eigenvalue weighted by Gasteiger charge is 2.04. The van der Waals surface area contributed by atoms with E-state index in [-0.39, 0.29) is 0 Å². The Hall–Kier alpha value is -0.0400. The van der Waals surface area contributed by atoms with Crippen LogP contribution in [0, 0.1) is 5.92 Å². The van der Waals surface area contributed by atoms with E-state index in [1.54, 1.807) is 0 Å². The molecule has 0 amide bonds. The van der Waals surface area contributed by atoms with Gasteiger partial charge in [-0.05, 0) is 31.7 Å². The largest absolute Gasteiger partial charge is 0.314 e. The molecule has 0 aliphatic carbocycles. The van der Waals surface area contributed by atoms with Gasteiger partial charge in [0.2, 0.25) is 0 Å². The van der Waals surface area contributed by atoms with Crippen molar-refractivity contribution in [2.75, 3.05) is 6.54 Å². The van der Waals surface area contributed by atoms with Crippen LogP contribution in [-0.4, -0.2) is 12.6 Å². The van der Waals surface area contributed by atoms with Crippen LogP contribution < -0.4 is 5.32 Å². The second kappa shape index (κ2) is 7.60. The molecule has 0 aromatic heterocycles. The number of rotatable bonds is 7. The first-order valence-electron chi connectivity index (χ1n) is 5.47. The van der Waals surface area contributed by atoms with Gasteiger partial charge in [0.25, 0.3) is 0 Å². The van der Waals surface area contributed by atoms with Crippen LogP contribution in [0.2, 0.25) is 0 Å². The van der Waals surface area contributed by atoms with Crippen LogP contribution in [-0.2, 0) is 0 Å². The van der Waals surface area contributed by atoms with Crippen molar-refractivity contribution in [1.29, 1.82) is 0 Å². The molecule has 1 N–H and O–H groups in total. The molecule has 0 saturated heterocycles. The Morgan fingerprint density at radius 1 is 1.08 bits per heavy atom. The van der Waals surface area contributed by atoms with Gasteiger partial charge in [-0.15, -0.1) is 0 Å². The Morgan fingerprint density at radius 3 is 2.08 bits per heavy atom. The molecule has 0 aliphatic heterocycles. The second-order valence-corrected chi connectivity index (χ2v) is 3.82. The molecule has 1 atom stereocenters. The molecule has 1 nitrogen and oxygen atoms in total. The highest BCUT2D eigenvalue weighted by atomic mass is 14.9. The van der Waals surface area contributed by atoms with E-state index in [0.717, 1.165) is 12.0 Å². The van der Waals surface area contributed by atoms with Crippen LogP contribution in [0.25, 0.3) is 0 Å². The van der Waals surface area contributed by atoms with Crippen molar-refractivity contribution in [3.05, 3.63) is 0 Å². The van der Waals surface area contributed by atoms with E-state index in [1.807, 2.05) is 0 Å². The van der Waals surface area contributed by atoms with Gasteiger partial charge < -0.3 is 5.32 Å². The Labute approximate surface area is 77.9 Å². The SMILES string of the molecule is CCCC(C)CNC(CC)CC. The van der Waals surface area contributed by atoms with Crippen LogP contribution in [0.3, 0.4) is 0 Å². The van der Waals surface area contributed by atoms with Crippen LogP contribution >= 0.6 is 0 Å². The highest BCUT2D eigenvalue weighted by molar-refractivity contribution is 4.64. The minimum Gasteiger partial charge on any atom is -0.314 e. The summed E-state index contributed by atoms with van der Waals surface area (Å²) in [6.45, 7) is 10.3. The lowest BCUT2D eigenvalue weighted by molar-refractivity contribution is 0.411. The van der Waals surface area contributed by atoms with E-state index in [1.165, 1.54) is 32.2 Å². The Bertz CT molecular complexity index is 87.0. The molecule has 1 unspecified atom stereocenters. The molecule has 0 aliphatic rings. The lowest BCUT2D eigenvalue weighted by Gasteiger charge is -2.18. The zero-order valence-electron chi connectivity index (χ0n) is 9.19. The van der Waals surface area contributed by atoms with Gasteiger partial charge in [0.1, 0.15) is 0 Å². The first-order valence-corrected chi connectivity index (χ1v) is 5.47. The van der Waals surface area contributed by atoms with Gasteiger partial charge >= 0.3 is 0 Å². The molecule has 0 aromatic rings. The number of hydrogen-bond acceptors (Lipinski definition) is 1. The molecule has 0 saturated carbocycles. The minimum absolute atomic E-state index is 0.740. The smallest absolute Gasteiger partial charge is 0.00619 e. The average Bonchev–Trinajstić information content (AvgIpc) is 2.07. The van der Waals surface area contributed by atoms with E-state index in [4.69, 9.17) is 0 Å². The Kier molecular flexibility index (Phi) is 7.58. The third kappa shape index (κ3) is 5.59. The van der Waals surface area contributed by atoms with Gasteiger partial charge in [-0.25, -0.2) is 0 Å². The van der Waals surface area contributed by atoms with Gasteiger partial charge in [-0.2, -0.15) is 0 Å². The van der Waals surface area contributed by atoms with Gasteiger partial charge in [0, 0.05) is 6.04 Å². The molecule has 12 heavy (non-hydrogen) atoms. The molecule has 0 fully saturated rings. The van der Waals surface area contributed by atoms with Gasteiger partial charge in [0.15, 0.2) is 0 Å². The first kappa shape index (κ1) is 12.0. The van der Waals surface area contributed by atoms with Crippen LogP contribution in [0.15, 0.2) is 0 Å². The molecule has 0 aromatic carbocycles. The van der Waals surface area contributed by atoms with Crippen LogP contribution in [0.1, 0.15) is 53.4 Å². The van der Waals surface area contributed by atoms with Gasteiger partial charge in [0.05, 0.1) is 0 Å². The fourth-order valence-corrected chi connectivity index (χ4v) is 1.54. The minimum atomic E-state index is 0.740. The summed E-state index contributed by atoms with van der Waals surface area (Å²) in [4.78, 5) is 0. The van der Waals surface area contributed by atoms with Crippen LogP contribution in [0.5, 0.6) is 0 Å².